The first-order valence-electron chi connectivity index (χ1n) is 6.32. The van der Waals surface area contributed by atoms with Gasteiger partial charge in [-0.3, -0.25) is 0 Å². The van der Waals surface area contributed by atoms with Crippen molar-refractivity contribution < 1.29 is 9.53 Å². The van der Waals surface area contributed by atoms with Gasteiger partial charge >= 0.3 is 6.03 Å². The van der Waals surface area contributed by atoms with E-state index in [4.69, 9.17) is 4.74 Å². The topological polar surface area (TPSA) is 63.2 Å². The molecule has 5 nitrogen and oxygen atoms in total. The molecular formula is C15H17N3O2. The summed E-state index contributed by atoms with van der Waals surface area (Å²) in [7, 11) is 1.57. The van der Waals surface area contributed by atoms with Crippen molar-refractivity contribution in [2.75, 3.05) is 7.11 Å². The Morgan fingerprint density at radius 3 is 2.35 bits per heavy atom. The van der Waals surface area contributed by atoms with Gasteiger partial charge in [0, 0.05) is 25.4 Å². The maximum absolute atomic E-state index is 11.6. The lowest BCUT2D eigenvalue weighted by Gasteiger charge is -2.08. The van der Waals surface area contributed by atoms with Crippen molar-refractivity contribution in [2.45, 2.75) is 13.1 Å². The third kappa shape index (κ3) is 4.28. The Labute approximate surface area is 118 Å². The smallest absolute Gasteiger partial charge is 0.315 e. The maximum atomic E-state index is 11.6. The Kier molecular flexibility index (Phi) is 4.94. The number of hydrogen-bond donors (Lipinski definition) is 2. The normalized spacial score (nSPS) is 9.85. The molecule has 0 bridgehead atoms. The van der Waals surface area contributed by atoms with Crippen molar-refractivity contribution >= 4 is 6.03 Å². The summed E-state index contributed by atoms with van der Waals surface area (Å²) >= 11 is 0. The van der Waals surface area contributed by atoms with E-state index in [0.29, 0.717) is 19.0 Å². The molecule has 0 unspecified atom stereocenters. The average Bonchev–Trinajstić information content (AvgIpc) is 2.52. The lowest BCUT2D eigenvalue weighted by atomic mass is 10.2. The fourth-order valence-corrected chi connectivity index (χ4v) is 1.66. The molecule has 0 aliphatic rings. The first-order chi connectivity index (χ1) is 9.78. The highest BCUT2D eigenvalue weighted by atomic mass is 16.5. The van der Waals surface area contributed by atoms with Gasteiger partial charge in [0.05, 0.1) is 7.11 Å². The van der Waals surface area contributed by atoms with Crippen LogP contribution in [-0.4, -0.2) is 18.1 Å². The lowest BCUT2D eigenvalue weighted by Crippen LogP contribution is -2.34. The zero-order chi connectivity index (χ0) is 14.2. The van der Waals surface area contributed by atoms with Crippen LogP contribution in [0.1, 0.15) is 11.1 Å². The van der Waals surface area contributed by atoms with Gasteiger partial charge in [0.2, 0.25) is 5.88 Å². The van der Waals surface area contributed by atoms with E-state index in [1.807, 2.05) is 36.4 Å². The van der Waals surface area contributed by atoms with Gasteiger partial charge in [0.25, 0.3) is 0 Å². The van der Waals surface area contributed by atoms with E-state index in [2.05, 4.69) is 15.6 Å². The Balaban J connectivity index is 1.74. The maximum Gasteiger partial charge on any atom is 0.315 e. The van der Waals surface area contributed by atoms with Gasteiger partial charge in [-0.2, -0.15) is 0 Å². The summed E-state index contributed by atoms with van der Waals surface area (Å²) in [5.74, 6) is 0.558. The minimum Gasteiger partial charge on any atom is -0.481 e. The van der Waals surface area contributed by atoms with Crippen molar-refractivity contribution in [3.63, 3.8) is 0 Å². The summed E-state index contributed by atoms with van der Waals surface area (Å²) in [5, 5.41) is 5.57. The van der Waals surface area contributed by atoms with Gasteiger partial charge in [-0.1, -0.05) is 36.4 Å². The zero-order valence-corrected chi connectivity index (χ0v) is 11.3. The molecule has 20 heavy (non-hydrogen) atoms. The molecule has 1 heterocycles. The van der Waals surface area contributed by atoms with Gasteiger partial charge in [0.15, 0.2) is 0 Å². The number of benzene rings is 1. The predicted octanol–water partition coefficient (Wildman–Crippen LogP) is 2.09. The van der Waals surface area contributed by atoms with E-state index in [1.54, 1.807) is 19.4 Å². The molecule has 0 radical (unpaired) electrons. The first kappa shape index (κ1) is 13.9. The number of pyridine rings is 1. The van der Waals surface area contributed by atoms with Crippen LogP contribution in [0.15, 0.2) is 48.7 Å². The molecule has 0 spiro atoms. The molecule has 1 aromatic heterocycles. The van der Waals surface area contributed by atoms with Crippen LogP contribution in [0.2, 0.25) is 0 Å². The van der Waals surface area contributed by atoms with Gasteiger partial charge in [-0.25, -0.2) is 9.78 Å². The van der Waals surface area contributed by atoms with Crippen molar-refractivity contribution in [3.05, 3.63) is 59.8 Å². The number of rotatable bonds is 5. The Morgan fingerprint density at radius 2 is 1.75 bits per heavy atom. The molecule has 2 aromatic rings. The summed E-state index contributed by atoms with van der Waals surface area (Å²) in [6, 6.07) is 13.2. The Morgan fingerprint density at radius 1 is 1.05 bits per heavy atom. The Hall–Kier alpha value is -2.56. The highest BCUT2D eigenvalue weighted by Crippen LogP contribution is 2.06. The number of methoxy groups -OCH3 is 1. The number of carbonyl (C=O) groups excluding carboxylic acids is 1. The summed E-state index contributed by atoms with van der Waals surface area (Å²) in [6.45, 7) is 0.936. The third-order valence-corrected chi connectivity index (χ3v) is 2.76. The highest BCUT2D eigenvalue weighted by molar-refractivity contribution is 5.73. The van der Waals surface area contributed by atoms with Crippen LogP contribution >= 0.6 is 0 Å². The van der Waals surface area contributed by atoms with Crippen molar-refractivity contribution in [1.82, 2.24) is 15.6 Å². The monoisotopic (exact) mass is 271 g/mol. The van der Waals surface area contributed by atoms with Crippen LogP contribution in [0, 0.1) is 0 Å². The van der Waals surface area contributed by atoms with Gasteiger partial charge in [-0.05, 0) is 11.1 Å². The van der Waals surface area contributed by atoms with Crippen molar-refractivity contribution in [3.8, 4) is 5.88 Å². The molecule has 0 fully saturated rings. The highest BCUT2D eigenvalue weighted by Gasteiger charge is 2.01. The number of aromatic nitrogens is 1. The summed E-state index contributed by atoms with van der Waals surface area (Å²) in [4.78, 5) is 15.7. The predicted molar refractivity (Wildman–Crippen MR) is 76.3 cm³/mol. The quantitative estimate of drug-likeness (QED) is 0.875. The van der Waals surface area contributed by atoms with Gasteiger partial charge < -0.3 is 15.4 Å². The average molecular weight is 271 g/mol. The van der Waals surface area contributed by atoms with E-state index in [0.717, 1.165) is 11.1 Å². The number of amides is 2. The van der Waals surface area contributed by atoms with Crippen LogP contribution in [0.5, 0.6) is 5.88 Å². The minimum atomic E-state index is -0.204. The molecule has 0 atom stereocenters. The van der Waals surface area contributed by atoms with Crippen molar-refractivity contribution in [2.24, 2.45) is 0 Å². The van der Waals surface area contributed by atoms with E-state index < -0.39 is 0 Å². The van der Waals surface area contributed by atoms with Crippen LogP contribution in [0.25, 0.3) is 0 Å². The fourth-order valence-electron chi connectivity index (χ4n) is 1.66. The number of urea groups is 1. The molecule has 5 heteroatoms. The minimum absolute atomic E-state index is 0.204. The van der Waals surface area contributed by atoms with Gasteiger partial charge in [-0.15, -0.1) is 0 Å². The molecule has 0 saturated carbocycles. The Bertz CT molecular complexity index is 541. The van der Waals surface area contributed by atoms with Crippen LogP contribution in [-0.2, 0) is 13.1 Å². The molecule has 104 valence electrons. The lowest BCUT2D eigenvalue weighted by molar-refractivity contribution is 0.240. The SMILES string of the molecule is COc1ccc(CNC(=O)NCc2ccccc2)cn1. The molecule has 0 aliphatic heterocycles. The van der Waals surface area contributed by atoms with Gasteiger partial charge in [0.1, 0.15) is 0 Å². The second-order valence-corrected chi connectivity index (χ2v) is 4.23. The standard InChI is InChI=1S/C15H17N3O2/c1-20-14-8-7-13(10-16-14)11-18-15(19)17-9-12-5-3-2-4-6-12/h2-8,10H,9,11H2,1H3,(H2,17,18,19). The number of nitrogens with zero attached hydrogens (tertiary/aromatic N) is 1. The van der Waals surface area contributed by atoms with E-state index in [9.17, 15) is 4.79 Å². The fraction of sp³-hybridized carbons (Fsp3) is 0.200. The third-order valence-electron chi connectivity index (χ3n) is 2.76. The number of carbonyl (C=O) groups is 1. The molecule has 0 aliphatic carbocycles. The molecule has 2 rings (SSSR count). The molecule has 2 amide bonds. The van der Waals surface area contributed by atoms with Crippen LogP contribution < -0.4 is 15.4 Å². The molecule has 2 N–H and O–H groups in total. The number of hydrogen-bond acceptors (Lipinski definition) is 3. The first-order valence-corrected chi connectivity index (χ1v) is 6.32. The summed E-state index contributed by atoms with van der Waals surface area (Å²) in [5.41, 5.74) is 1.98. The second kappa shape index (κ2) is 7.13. The molecule has 1 aromatic carbocycles. The number of ether oxygens (including phenoxy) is 1. The number of nitrogens with one attached hydrogen (secondary N) is 2. The van der Waals surface area contributed by atoms with E-state index >= 15 is 0 Å². The van der Waals surface area contributed by atoms with Crippen molar-refractivity contribution in [1.29, 1.82) is 0 Å². The van der Waals surface area contributed by atoms with Crippen LogP contribution in [0.3, 0.4) is 0 Å². The second-order valence-electron chi connectivity index (χ2n) is 4.23. The zero-order valence-electron chi connectivity index (χ0n) is 11.3. The summed E-state index contributed by atoms with van der Waals surface area (Å²) in [6.07, 6.45) is 1.68. The molecule has 0 saturated heterocycles. The van der Waals surface area contributed by atoms with E-state index in [-0.39, 0.29) is 6.03 Å². The molecular weight excluding hydrogens is 254 g/mol. The van der Waals surface area contributed by atoms with Crippen LogP contribution in [0.4, 0.5) is 4.79 Å². The van der Waals surface area contributed by atoms with E-state index in [1.165, 1.54) is 0 Å². The summed E-state index contributed by atoms with van der Waals surface area (Å²) < 4.78 is 4.97. The largest absolute Gasteiger partial charge is 0.481 e.